The maximum atomic E-state index is 11.6. The molecule has 0 spiro atoms. The van der Waals surface area contributed by atoms with Crippen molar-refractivity contribution in [1.82, 2.24) is 9.97 Å². The minimum atomic E-state index is -2.21. The van der Waals surface area contributed by atoms with Crippen molar-refractivity contribution in [3.05, 3.63) is 99.5 Å². The van der Waals surface area contributed by atoms with Gasteiger partial charge in [0.25, 0.3) is 11.3 Å². The van der Waals surface area contributed by atoms with E-state index in [1.54, 1.807) is 18.5 Å². The highest BCUT2D eigenvalue weighted by molar-refractivity contribution is 7.80. The second-order valence-corrected chi connectivity index (χ2v) is 9.87. The Morgan fingerprint density at radius 1 is 0.829 bits per heavy atom. The Balaban J connectivity index is 1.98. The van der Waals surface area contributed by atoms with Crippen LogP contribution < -0.4 is 16.2 Å². The monoisotopic (exact) mass is 485 g/mol. The fourth-order valence-corrected chi connectivity index (χ4v) is 5.62. The summed E-state index contributed by atoms with van der Waals surface area (Å²) in [5.41, 5.74) is 23.1. The molecule has 8 heteroatoms. The molecule has 178 valence electrons. The van der Waals surface area contributed by atoms with Crippen molar-refractivity contribution in [2.45, 2.75) is 33.1 Å². The van der Waals surface area contributed by atoms with E-state index >= 15 is 0 Å². The van der Waals surface area contributed by atoms with Crippen molar-refractivity contribution in [3.63, 3.8) is 0 Å². The Kier molecular flexibility index (Phi) is 5.38. The molecule has 1 aromatic heterocycles. The molecule has 1 heterocycles. The lowest BCUT2D eigenvalue weighted by Crippen LogP contribution is -2.30. The summed E-state index contributed by atoms with van der Waals surface area (Å²) >= 11 is -2.21. The van der Waals surface area contributed by atoms with Gasteiger partial charge in [-0.3, -0.25) is 19.2 Å². The van der Waals surface area contributed by atoms with Gasteiger partial charge in [0.2, 0.25) is 0 Å². The average molecular weight is 486 g/mol. The lowest BCUT2D eigenvalue weighted by molar-refractivity contribution is 0.570. The second-order valence-electron chi connectivity index (χ2n) is 9.16. The van der Waals surface area contributed by atoms with Crippen molar-refractivity contribution in [2.24, 2.45) is 0 Å². The van der Waals surface area contributed by atoms with Crippen LogP contribution in [-0.2, 0) is 16.7 Å². The molecule has 0 amide bonds. The average Bonchev–Trinajstić information content (AvgIpc) is 3.10. The number of nitrogens with one attached hydrogen (secondary N) is 1. The molecular weight excluding hydrogens is 458 g/mol. The maximum Gasteiger partial charge on any atom is 0.259 e. The zero-order valence-corrected chi connectivity index (χ0v) is 20.8. The van der Waals surface area contributed by atoms with Crippen LogP contribution in [0.5, 0.6) is 0 Å². The van der Waals surface area contributed by atoms with Gasteiger partial charge in [0, 0.05) is 35.0 Å². The first kappa shape index (κ1) is 23.0. The molecule has 0 radical (unpaired) electrons. The van der Waals surface area contributed by atoms with Crippen LogP contribution in [0.4, 0.5) is 17.1 Å². The molecule has 3 aromatic carbocycles. The number of nitrogens with zero attached hydrogens (tertiary/aromatic N) is 2. The van der Waals surface area contributed by atoms with E-state index in [9.17, 15) is 8.76 Å². The number of rotatable bonds is 4. The molecule has 1 atom stereocenters. The van der Waals surface area contributed by atoms with Gasteiger partial charge in [0.15, 0.2) is 0 Å². The van der Waals surface area contributed by atoms with E-state index in [1.807, 2.05) is 39.8 Å². The van der Waals surface area contributed by atoms with E-state index in [0.29, 0.717) is 5.69 Å². The zero-order valence-electron chi connectivity index (χ0n) is 20.0. The van der Waals surface area contributed by atoms with Gasteiger partial charge in [-0.2, -0.15) is 0 Å². The summed E-state index contributed by atoms with van der Waals surface area (Å²) in [5.74, 6) is 0. The first-order chi connectivity index (χ1) is 16.6. The first-order valence-corrected chi connectivity index (χ1v) is 12.3. The molecule has 4 aromatic rings. The molecule has 0 fully saturated rings. The molecule has 7 nitrogen and oxygen atoms in total. The predicted octanol–water partition coefficient (Wildman–Crippen LogP) is 4.79. The quantitative estimate of drug-likeness (QED) is 0.214. The van der Waals surface area contributed by atoms with Crippen molar-refractivity contribution in [3.8, 4) is 11.3 Å². The van der Waals surface area contributed by atoms with E-state index < -0.39 is 16.7 Å². The lowest BCUT2D eigenvalue weighted by Gasteiger charge is -2.34. The van der Waals surface area contributed by atoms with Gasteiger partial charge in [-0.15, -0.1) is 0 Å². The van der Waals surface area contributed by atoms with Crippen molar-refractivity contribution in [2.75, 3.05) is 16.2 Å². The first-order valence-electron chi connectivity index (χ1n) is 11.2. The largest absolute Gasteiger partial charge is 0.398 e. The molecule has 1 unspecified atom stereocenters. The summed E-state index contributed by atoms with van der Waals surface area (Å²) < 4.78 is 23.7. The maximum absolute atomic E-state index is 11.6. The summed E-state index contributed by atoms with van der Waals surface area (Å²) in [5, 5.41) is 0. The minimum absolute atomic E-state index is 0.523. The fourth-order valence-electron chi connectivity index (χ4n) is 5.30. The van der Waals surface area contributed by atoms with E-state index in [2.05, 4.69) is 29.0 Å². The second kappa shape index (κ2) is 8.18. The van der Waals surface area contributed by atoms with Crippen LogP contribution in [0.3, 0.4) is 0 Å². The summed E-state index contributed by atoms with van der Waals surface area (Å²) in [7, 11) is 0. The van der Waals surface area contributed by atoms with Gasteiger partial charge in [-0.1, -0.05) is 30.3 Å². The third kappa shape index (κ3) is 3.40. The number of fused-ring (bicyclic) bond motifs is 3. The van der Waals surface area contributed by atoms with Crippen molar-refractivity contribution >= 4 is 28.3 Å². The third-order valence-corrected chi connectivity index (χ3v) is 7.40. The highest BCUT2D eigenvalue weighted by Gasteiger charge is 2.49. The van der Waals surface area contributed by atoms with E-state index in [4.69, 9.17) is 21.4 Å². The smallest absolute Gasteiger partial charge is 0.259 e. The molecule has 0 aliphatic heterocycles. The number of hydrogen-bond acceptors (Lipinski definition) is 5. The van der Waals surface area contributed by atoms with Gasteiger partial charge in [-0.25, -0.2) is 4.21 Å². The molecule has 0 saturated heterocycles. The SMILES string of the molecule is Cc1cc(C2(c3cc(C)c(N)c(C)c3)c3cc(NS(=O)O)ccc3-c3nccnc32)cc(C)c1N. The number of benzene rings is 3. The van der Waals surface area contributed by atoms with Crippen molar-refractivity contribution < 1.29 is 8.76 Å². The Hall–Kier alpha value is -3.75. The summed E-state index contributed by atoms with van der Waals surface area (Å²) in [6.07, 6.45) is 3.39. The van der Waals surface area contributed by atoms with Crippen LogP contribution in [-0.4, -0.2) is 18.7 Å². The number of anilines is 3. The summed E-state index contributed by atoms with van der Waals surface area (Å²) in [4.78, 5) is 9.60. The molecule has 6 N–H and O–H groups in total. The molecule has 0 saturated carbocycles. The van der Waals surface area contributed by atoms with Gasteiger partial charge in [0.1, 0.15) is 0 Å². The standard InChI is InChI=1S/C27H27N5O2S/c1-14-9-18(10-15(2)23(14)28)27(19-11-16(3)24(29)17(4)12-19)22-13-20(32-35(33)34)5-6-21(22)25-26(27)31-8-7-30-25/h5-13,32H,28-29H2,1-4H3,(H,33,34). The Bertz CT molecular complexity index is 1430. The van der Waals surface area contributed by atoms with Gasteiger partial charge in [-0.05, 0) is 78.8 Å². The molecule has 0 bridgehead atoms. The summed E-state index contributed by atoms with van der Waals surface area (Å²) in [6, 6.07) is 14.0. The topological polar surface area (TPSA) is 127 Å². The Morgan fingerprint density at radius 3 is 1.86 bits per heavy atom. The van der Waals surface area contributed by atoms with Crippen LogP contribution >= 0.6 is 0 Å². The van der Waals surface area contributed by atoms with Gasteiger partial charge >= 0.3 is 0 Å². The van der Waals surface area contributed by atoms with E-state index in [0.717, 1.165) is 67.3 Å². The van der Waals surface area contributed by atoms with Crippen LogP contribution in [0.1, 0.15) is 44.6 Å². The third-order valence-electron chi connectivity index (χ3n) is 6.99. The van der Waals surface area contributed by atoms with Gasteiger partial charge < -0.3 is 11.5 Å². The van der Waals surface area contributed by atoms with Crippen LogP contribution in [0.25, 0.3) is 11.3 Å². The molecule has 1 aliphatic carbocycles. The lowest BCUT2D eigenvalue weighted by atomic mass is 9.68. The molecule has 5 rings (SSSR count). The molecule has 35 heavy (non-hydrogen) atoms. The molecule has 1 aliphatic rings. The van der Waals surface area contributed by atoms with E-state index in [1.165, 1.54) is 0 Å². The summed E-state index contributed by atoms with van der Waals surface area (Å²) in [6.45, 7) is 8.00. The van der Waals surface area contributed by atoms with E-state index in [-0.39, 0.29) is 0 Å². The Labute approximate surface area is 207 Å². The van der Waals surface area contributed by atoms with Gasteiger partial charge in [0.05, 0.1) is 16.8 Å². The minimum Gasteiger partial charge on any atom is -0.398 e. The number of aryl methyl sites for hydroxylation is 4. The Morgan fingerprint density at radius 2 is 1.34 bits per heavy atom. The van der Waals surface area contributed by atoms with Crippen molar-refractivity contribution in [1.29, 1.82) is 0 Å². The zero-order chi connectivity index (χ0) is 25.1. The van der Waals surface area contributed by atoms with Crippen LogP contribution in [0, 0.1) is 27.7 Å². The highest BCUT2D eigenvalue weighted by Crippen LogP contribution is 2.56. The predicted molar refractivity (Wildman–Crippen MR) is 142 cm³/mol. The number of hydrogen-bond donors (Lipinski definition) is 4. The van der Waals surface area contributed by atoms with Crippen LogP contribution in [0.15, 0.2) is 54.9 Å². The fraction of sp³-hybridized carbons (Fsp3) is 0.185. The highest BCUT2D eigenvalue weighted by atomic mass is 32.2. The molecular formula is C27H27N5O2S. The van der Waals surface area contributed by atoms with Crippen LogP contribution in [0.2, 0.25) is 0 Å². The number of aromatic nitrogens is 2. The normalized spacial score (nSPS) is 14.3. The number of nitrogen functional groups attached to an aromatic ring is 2. The number of nitrogens with two attached hydrogens (primary N) is 2.